The first-order valence-electron chi connectivity index (χ1n) is 8.04. The number of ether oxygens (including phenoxy) is 1. The van der Waals surface area contributed by atoms with Gasteiger partial charge in [-0.05, 0) is 12.1 Å². The van der Waals surface area contributed by atoms with Crippen molar-refractivity contribution in [2.24, 2.45) is 0 Å². The van der Waals surface area contributed by atoms with Gasteiger partial charge in [-0.3, -0.25) is 4.79 Å². The van der Waals surface area contributed by atoms with Crippen LogP contribution in [-0.4, -0.2) is 50.2 Å². The molecular formula is C19H18N2O5S. The average molecular weight is 386 g/mol. The molecule has 0 radical (unpaired) electrons. The lowest BCUT2D eigenvalue weighted by molar-refractivity contribution is 0.0601. The Morgan fingerprint density at radius 3 is 2.33 bits per heavy atom. The van der Waals surface area contributed by atoms with E-state index in [1.165, 1.54) is 27.3 Å². The molecule has 140 valence electrons. The number of fused-ring (bicyclic) bond motifs is 1. The number of methoxy groups -OCH3 is 1. The number of hydrogen-bond acceptors (Lipinski definition) is 5. The number of para-hydroxylation sites is 1. The molecule has 3 rings (SSSR count). The summed E-state index contributed by atoms with van der Waals surface area (Å²) in [7, 11) is 0.0671. The highest BCUT2D eigenvalue weighted by Gasteiger charge is 2.29. The number of carbonyl (C=O) groups excluding carboxylic acids is 2. The Bertz CT molecular complexity index is 1150. The molecule has 3 aromatic rings. The normalized spacial score (nSPS) is 11.7. The number of carbonyl (C=O) groups is 2. The van der Waals surface area contributed by atoms with Crippen LogP contribution >= 0.6 is 0 Å². The van der Waals surface area contributed by atoms with Crippen molar-refractivity contribution in [3.05, 3.63) is 59.7 Å². The van der Waals surface area contributed by atoms with Gasteiger partial charge in [-0.15, -0.1) is 0 Å². The maximum absolute atomic E-state index is 13.1. The van der Waals surface area contributed by atoms with Crippen molar-refractivity contribution in [1.29, 1.82) is 0 Å². The van der Waals surface area contributed by atoms with Gasteiger partial charge in [0.15, 0.2) is 6.29 Å². The topological polar surface area (TPSA) is 85.7 Å². The highest BCUT2D eigenvalue weighted by molar-refractivity contribution is 7.87. The number of aldehydes is 1. The van der Waals surface area contributed by atoms with E-state index in [1.54, 1.807) is 42.5 Å². The van der Waals surface area contributed by atoms with Gasteiger partial charge in [-0.25, -0.2) is 8.77 Å². The van der Waals surface area contributed by atoms with Crippen LogP contribution in [0.1, 0.15) is 20.7 Å². The second kappa shape index (κ2) is 6.98. The minimum Gasteiger partial charge on any atom is -0.465 e. The van der Waals surface area contributed by atoms with Crippen molar-refractivity contribution < 1.29 is 22.7 Å². The van der Waals surface area contributed by atoms with Crippen molar-refractivity contribution >= 4 is 33.4 Å². The SMILES string of the molecule is COC(=O)c1ccccc1-c1c(C=O)c2ccccc2n1S(=O)(=O)N(C)C. The highest BCUT2D eigenvalue weighted by Crippen LogP contribution is 2.36. The zero-order chi connectivity index (χ0) is 19.8. The summed E-state index contributed by atoms with van der Waals surface area (Å²) in [5, 5.41) is 0.479. The van der Waals surface area contributed by atoms with Crippen LogP contribution in [0.5, 0.6) is 0 Å². The first-order chi connectivity index (χ1) is 12.8. The zero-order valence-corrected chi connectivity index (χ0v) is 15.9. The molecule has 8 heteroatoms. The molecule has 0 amide bonds. The monoisotopic (exact) mass is 386 g/mol. The Morgan fingerprint density at radius 1 is 1.07 bits per heavy atom. The number of benzene rings is 2. The maximum atomic E-state index is 13.1. The molecule has 0 saturated carbocycles. The molecule has 0 aliphatic carbocycles. The third kappa shape index (κ3) is 2.92. The van der Waals surface area contributed by atoms with Crippen LogP contribution in [0.2, 0.25) is 0 Å². The van der Waals surface area contributed by atoms with Crippen molar-refractivity contribution in [2.45, 2.75) is 0 Å². The first-order valence-corrected chi connectivity index (χ1v) is 9.43. The van der Waals surface area contributed by atoms with Gasteiger partial charge in [0, 0.05) is 30.6 Å². The molecule has 0 fully saturated rings. The van der Waals surface area contributed by atoms with Crippen LogP contribution < -0.4 is 0 Å². The summed E-state index contributed by atoms with van der Waals surface area (Å²) in [6, 6.07) is 13.1. The van der Waals surface area contributed by atoms with E-state index in [4.69, 9.17) is 4.74 Å². The molecule has 1 aromatic heterocycles. The average Bonchev–Trinajstić information content (AvgIpc) is 3.02. The molecule has 0 N–H and O–H groups in total. The van der Waals surface area contributed by atoms with Crippen LogP contribution in [0.4, 0.5) is 0 Å². The zero-order valence-electron chi connectivity index (χ0n) is 15.0. The van der Waals surface area contributed by atoms with E-state index in [9.17, 15) is 18.0 Å². The van der Waals surface area contributed by atoms with Crippen LogP contribution in [0.3, 0.4) is 0 Å². The summed E-state index contributed by atoms with van der Waals surface area (Å²) in [5.41, 5.74) is 1.13. The molecule has 2 aromatic carbocycles. The van der Waals surface area contributed by atoms with Gasteiger partial charge >= 0.3 is 16.2 Å². The van der Waals surface area contributed by atoms with Crippen LogP contribution in [-0.2, 0) is 14.9 Å². The number of esters is 1. The van der Waals surface area contributed by atoms with Gasteiger partial charge in [0.25, 0.3) is 0 Å². The van der Waals surface area contributed by atoms with Gasteiger partial charge in [0.05, 0.1) is 23.9 Å². The lowest BCUT2D eigenvalue weighted by Gasteiger charge is -2.18. The van der Waals surface area contributed by atoms with Crippen LogP contribution in [0.15, 0.2) is 48.5 Å². The minimum absolute atomic E-state index is 0.126. The molecule has 0 bridgehead atoms. The standard InChI is InChI=1S/C19H18N2O5S/c1-20(2)27(24,25)21-17-11-7-6-8-13(17)16(12-22)18(21)14-9-4-5-10-15(14)19(23)26-3/h4-12H,1-3H3. The third-order valence-electron chi connectivity index (χ3n) is 4.27. The maximum Gasteiger partial charge on any atom is 0.338 e. The summed E-state index contributed by atoms with van der Waals surface area (Å²) in [6.45, 7) is 0. The summed E-state index contributed by atoms with van der Waals surface area (Å²) < 4.78 is 33.1. The second-order valence-electron chi connectivity index (χ2n) is 5.99. The number of aromatic nitrogens is 1. The van der Waals surface area contributed by atoms with Crippen LogP contribution in [0, 0.1) is 0 Å². The van der Waals surface area contributed by atoms with E-state index in [0.717, 1.165) is 8.28 Å². The van der Waals surface area contributed by atoms with E-state index in [0.29, 0.717) is 22.8 Å². The summed E-state index contributed by atoms with van der Waals surface area (Å²) in [4.78, 5) is 24.2. The lowest BCUT2D eigenvalue weighted by atomic mass is 10.0. The Labute approximate surface area is 157 Å². The van der Waals surface area contributed by atoms with Crippen LogP contribution in [0.25, 0.3) is 22.2 Å². The third-order valence-corrected chi connectivity index (χ3v) is 6.03. The largest absolute Gasteiger partial charge is 0.465 e. The van der Waals surface area contributed by atoms with Gasteiger partial charge < -0.3 is 4.74 Å². The summed E-state index contributed by atoms with van der Waals surface area (Å²) in [6.07, 6.45) is 0.605. The Morgan fingerprint density at radius 2 is 1.70 bits per heavy atom. The van der Waals surface area contributed by atoms with E-state index < -0.39 is 16.2 Å². The Hall–Kier alpha value is -2.97. The predicted molar refractivity (Wildman–Crippen MR) is 102 cm³/mol. The van der Waals surface area contributed by atoms with Gasteiger partial charge in [0.2, 0.25) is 0 Å². The van der Waals surface area contributed by atoms with E-state index in [-0.39, 0.29) is 16.8 Å². The quantitative estimate of drug-likeness (QED) is 0.497. The molecule has 7 nitrogen and oxygen atoms in total. The van der Waals surface area contributed by atoms with Gasteiger partial charge in [0.1, 0.15) is 0 Å². The predicted octanol–water partition coefficient (Wildman–Crippen LogP) is 2.56. The van der Waals surface area contributed by atoms with E-state index >= 15 is 0 Å². The molecule has 0 spiro atoms. The Balaban J connectivity index is 2.55. The first kappa shape index (κ1) is 18.8. The fourth-order valence-electron chi connectivity index (χ4n) is 2.99. The number of nitrogens with zero attached hydrogens (tertiary/aromatic N) is 2. The number of hydrogen-bond donors (Lipinski definition) is 0. The van der Waals surface area contributed by atoms with Crippen molar-refractivity contribution in [1.82, 2.24) is 8.28 Å². The molecule has 27 heavy (non-hydrogen) atoms. The van der Waals surface area contributed by atoms with Crippen molar-refractivity contribution in [2.75, 3.05) is 21.2 Å². The fraction of sp³-hybridized carbons (Fsp3) is 0.158. The van der Waals surface area contributed by atoms with Crippen molar-refractivity contribution in [3.8, 4) is 11.3 Å². The molecule has 0 unspecified atom stereocenters. The smallest absolute Gasteiger partial charge is 0.338 e. The minimum atomic E-state index is -3.98. The Kier molecular flexibility index (Phi) is 4.86. The second-order valence-corrected chi connectivity index (χ2v) is 7.98. The molecule has 1 heterocycles. The molecular weight excluding hydrogens is 368 g/mol. The van der Waals surface area contributed by atoms with Crippen molar-refractivity contribution in [3.63, 3.8) is 0 Å². The highest BCUT2D eigenvalue weighted by atomic mass is 32.2. The summed E-state index contributed by atoms with van der Waals surface area (Å²) in [5.74, 6) is -0.624. The fourth-order valence-corrected chi connectivity index (χ4v) is 4.15. The number of rotatable bonds is 5. The van der Waals surface area contributed by atoms with E-state index in [1.807, 2.05) is 0 Å². The lowest BCUT2D eigenvalue weighted by Crippen LogP contribution is -2.29. The van der Waals surface area contributed by atoms with E-state index in [2.05, 4.69) is 0 Å². The molecule has 0 aliphatic rings. The van der Waals surface area contributed by atoms with Gasteiger partial charge in [-0.2, -0.15) is 12.7 Å². The van der Waals surface area contributed by atoms with Gasteiger partial charge in [-0.1, -0.05) is 36.4 Å². The molecule has 0 saturated heterocycles. The molecule has 0 atom stereocenters. The molecule has 0 aliphatic heterocycles. The summed E-state index contributed by atoms with van der Waals surface area (Å²) >= 11 is 0.